The van der Waals surface area contributed by atoms with Crippen LogP contribution in [-0.4, -0.2) is 30.0 Å². The highest BCUT2D eigenvalue weighted by molar-refractivity contribution is 7.89. The number of hydrogen-bond acceptors (Lipinski definition) is 3. The van der Waals surface area contributed by atoms with Gasteiger partial charge in [0.1, 0.15) is 16.5 Å². The normalized spacial score (nSPS) is 13.7. The Morgan fingerprint density at radius 1 is 1.35 bits per heavy atom. The number of sulfonamides is 1. The molecule has 0 bridgehead atoms. The molecule has 2 rings (SSSR count). The van der Waals surface area contributed by atoms with E-state index in [0.29, 0.717) is 0 Å². The van der Waals surface area contributed by atoms with E-state index in [0.717, 1.165) is 28.7 Å². The van der Waals surface area contributed by atoms with E-state index in [4.69, 9.17) is 0 Å². The van der Waals surface area contributed by atoms with Crippen molar-refractivity contribution in [1.82, 2.24) is 14.5 Å². The Labute approximate surface area is 115 Å². The molecule has 20 heavy (non-hydrogen) atoms. The fraction of sp³-hybridized carbons (Fsp3) is 0.250. The number of benzene rings is 1. The molecule has 0 amide bonds. The van der Waals surface area contributed by atoms with Gasteiger partial charge < -0.3 is 0 Å². The van der Waals surface area contributed by atoms with Gasteiger partial charge in [-0.3, -0.25) is 5.10 Å². The number of rotatable bonds is 4. The van der Waals surface area contributed by atoms with E-state index in [-0.39, 0.29) is 10.5 Å². The lowest BCUT2D eigenvalue weighted by Crippen LogP contribution is -2.30. The summed E-state index contributed by atoms with van der Waals surface area (Å²) in [6.45, 7) is 1.48. The van der Waals surface area contributed by atoms with Gasteiger partial charge in [-0.25, -0.2) is 17.2 Å². The van der Waals surface area contributed by atoms with Gasteiger partial charge >= 0.3 is 0 Å². The molecule has 1 aromatic carbocycles. The largest absolute Gasteiger partial charge is 0.284 e. The van der Waals surface area contributed by atoms with Crippen LogP contribution in [0.1, 0.15) is 18.5 Å². The van der Waals surface area contributed by atoms with E-state index in [1.807, 2.05) is 0 Å². The third kappa shape index (κ3) is 2.56. The third-order valence-electron chi connectivity index (χ3n) is 3.10. The van der Waals surface area contributed by atoms with Gasteiger partial charge in [0.05, 0.1) is 6.20 Å². The molecule has 1 N–H and O–H groups in total. The zero-order valence-electron chi connectivity index (χ0n) is 10.8. The van der Waals surface area contributed by atoms with Crippen molar-refractivity contribution in [2.45, 2.75) is 17.9 Å². The summed E-state index contributed by atoms with van der Waals surface area (Å²) >= 11 is 0. The maximum Gasteiger partial charge on any atom is 0.246 e. The summed E-state index contributed by atoms with van der Waals surface area (Å²) in [7, 11) is -2.52. The highest BCUT2D eigenvalue weighted by atomic mass is 32.2. The van der Waals surface area contributed by atoms with E-state index in [1.54, 1.807) is 0 Å². The zero-order chi connectivity index (χ0) is 14.9. The van der Waals surface area contributed by atoms with E-state index >= 15 is 0 Å². The molecule has 0 saturated carbocycles. The molecule has 0 aliphatic carbocycles. The minimum atomic E-state index is -3.82. The molecule has 108 valence electrons. The minimum absolute atomic E-state index is 0.0282. The van der Waals surface area contributed by atoms with Crippen LogP contribution in [0, 0.1) is 11.6 Å². The Morgan fingerprint density at radius 3 is 2.65 bits per heavy atom. The smallest absolute Gasteiger partial charge is 0.246 e. The van der Waals surface area contributed by atoms with Gasteiger partial charge in [-0.05, 0) is 25.1 Å². The van der Waals surface area contributed by atoms with Gasteiger partial charge in [0.2, 0.25) is 10.0 Å². The highest BCUT2D eigenvalue weighted by Gasteiger charge is 2.28. The van der Waals surface area contributed by atoms with Crippen LogP contribution in [0.25, 0.3) is 0 Å². The van der Waals surface area contributed by atoms with Crippen molar-refractivity contribution >= 4 is 10.0 Å². The van der Waals surface area contributed by atoms with Gasteiger partial charge in [-0.2, -0.15) is 9.40 Å². The molecule has 2 aromatic rings. The van der Waals surface area contributed by atoms with Crippen molar-refractivity contribution < 1.29 is 17.2 Å². The lowest BCUT2D eigenvalue weighted by molar-refractivity contribution is 0.386. The lowest BCUT2D eigenvalue weighted by Gasteiger charge is -2.24. The van der Waals surface area contributed by atoms with Crippen molar-refractivity contribution in [1.29, 1.82) is 0 Å². The zero-order valence-corrected chi connectivity index (χ0v) is 11.7. The SMILES string of the molecule is CC(c1cc(F)ccc1F)N(C)S(=O)(=O)c1cn[nH]c1. The second-order valence-electron chi connectivity index (χ2n) is 4.30. The van der Waals surface area contributed by atoms with Crippen molar-refractivity contribution in [3.63, 3.8) is 0 Å². The second kappa shape index (κ2) is 5.29. The van der Waals surface area contributed by atoms with Crippen LogP contribution in [0.2, 0.25) is 0 Å². The highest BCUT2D eigenvalue weighted by Crippen LogP contribution is 2.27. The predicted molar refractivity (Wildman–Crippen MR) is 68.3 cm³/mol. The number of nitrogens with zero attached hydrogens (tertiary/aromatic N) is 2. The maximum atomic E-state index is 13.7. The average molecular weight is 301 g/mol. The van der Waals surface area contributed by atoms with Crippen molar-refractivity contribution in [3.05, 3.63) is 47.8 Å². The molecule has 0 spiro atoms. The summed E-state index contributed by atoms with van der Waals surface area (Å²) < 4.78 is 52.4. The third-order valence-corrected chi connectivity index (χ3v) is 5.00. The van der Waals surface area contributed by atoms with Crippen LogP contribution in [0.5, 0.6) is 0 Å². The first kappa shape index (κ1) is 14.6. The first-order valence-corrected chi connectivity index (χ1v) is 7.20. The standard InChI is InChI=1S/C12H13F2N3O2S/c1-8(11-5-9(13)3-4-12(11)14)17(2)20(18,19)10-6-15-16-7-10/h3-8H,1-2H3,(H,15,16). The van der Waals surface area contributed by atoms with Crippen LogP contribution in [-0.2, 0) is 10.0 Å². The Hall–Kier alpha value is -1.80. The number of aromatic nitrogens is 2. The molecule has 1 unspecified atom stereocenters. The average Bonchev–Trinajstić information content (AvgIpc) is 2.94. The van der Waals surface area contributed by atoms with E-state index < -0.39 is 27.7 Å². The van der Waals surface area contributed by atoms with Crippen LogP contribution in [0.4, 0.5) is 8.78 Å². The summed E-state index contributed by atoms with van der Waals surface area (Å²) in [5.41, 5.74) is -0.0282. The van der Waals surface area contributed by atoms with Gasteiger partial charge in [0.15, 0.2) is 0 Å². The minimum Gasteiger partial charge on any atom is -0.284 e. The molecule has 8 heteroatoms. The molecule has 5 nitrogen and oxygen atoms in total. The van der Waals surface area contributed by atoms with E-state index in [2.05, 4.69) is 10.2 Å². The number of H-pyrrole nitrogens is 1. The van der Waals surface area contributed by atoms with Gasteiger partial charge in [0, 0.05) is 24.8 Å². The number of hydrogen-bond donors (Lipinski definition) is 1. The first-order valence-electron chi connectivity index (χ1n) is 5.76. The molecular weight excluding hydrogens is 288 g/mol. The fourth-order valence-electron chi connectivity index (χ4n) is 1.79. The summed E-state index contributed by atoms with van der Waals surface area (Å²) in [5, 5.41) is 5.97. The molecule has 1 aromatic heterocycles. The molecule has 0 fully saturated rings. The van der Waals surface area contributed by atoms with Crippen LogP contribution >= 0.6 is 0 Å². The predicted octanol–water partition coefficient (Wildman–Crippen LogP) is 2.07. The summed E-state index contributed by atoms with van der Waals surface area (Å²) in [5.74, 6) is -1.28. The van der Waals surface area contributed by atoms with E-state index in [1.165, 1.54) is 20.2 Å². The Kier molecular flexibility index (Phi) is 3.87. The van der Waals surface area contributed by atoms with Gasteiger partial charge in [-0.15, -0.1) is 0 Å². The van der Waals surface area contributed by atoms with Crippen molar-refractivity contribution in [2.75, 3.05) is 7.05 Å². The number of halogens is 2. The monoisotopic (exact) mass is 301 g/mol. The Morgan fingerprint density at radius 2 is 2.05 bits per heavy atom. The van der Waals surface area contributed by atoms with E-state index in [9.17, 15) is 17.2 Å². The first-order chi connectivity index (χ1) is 9.34. The fourth-order valence-corrected chi connectivity index (χ4v) is 3.04. The Balaban J connectivity index is 2.38. The van der Waals surface area contributed by atoms with Gasteiger partial charge in [-0.1, -0.05) is 0 Å². The van der Waals surface area contributed by atoms with Crippen LogP contribution in [0.15, 0.2) is 35.5 Å². The molecule has 1 heterocycles. The van der Waals surface area contributed by atoms with Crippen molar-refractivity contribution in [3.8, 4) is 0 Å². The topological polar surface area (TPSA) is 66.1 Å². The molecule has 0 saturated heterocycles. The number of aromatic amines is 1. The molecular formula is C12H13F2N3O2S. The van der Waals surface area contributed by atoms with Crippen molar-refractivity contribution in [2.24, 2.45) is 0 Å². The number of nitrogens with one attached hydrogen (secondary N) is 1. The maximum absolute atomic E-state index is 13.7. The molecule has 0 radical (unpaired) electrons. The van der Waals surface area contributed by atoms with Crippen LogP contribution in [0.3, 0.4) is 0 Å². The summed E-state index contributed by atoms with van der Waals surface area (Å²) in [6, 6.07) is 2.09. The second-order valence-corrected chi connectivity index (χ2v) is 6.29. The quantitative estimate of drug-likeness (QED) is 0.940. The summed E-state index contributed by atoms with van der Waals surface area (Å²) in [4.78, 5) is -0.0383. The van der Waals surface area contributed by atoms with Crippen LogP contribution < -0.4 is 0 Å². The molecule has 0 aliphatic heterocycles. The summed E-state index contributed by atoms with van der Waals surface area (Å²) in [6.07, 6.45) is 2.38. The molecule has 1 atom stereocenters. The van der Waals surface area contributed by atoms with Gasteiger partial charge in [0.25, 0.3) is 0 Å². The molecule has 0 aliphatic rings. The lowest BCUT2D eigenvalue weighted by atomic mass is 10.1. The Bertz CT molecular complexity index is 701.